The number of nitrogens with zero attached hydrogens (tertiary/aromatic N) is 3. The van der Waals surface area contributed by atoms with Crippen molar-refractivity contribution in [3.05, 3.63) is 33.5 Å². The molecule has 0 radical (unpaired) electrons. The highest BCUT2D eigenvalue weighted by atomic mass is 32.1. The fraction of sp³-hybridized carbons (Fsp3) is 0.571. The second kappa shape index (κ2) is 6.30. The number of rotatable bonds is 6. The van der Waals surface area contributed by atoms with Gasteiger partial charge in [-0.15, -0.1) is 11.3 Å². The zero-order chi connectivity index (χ0) is 13.8. The Morgan fingerprint density at radius 3 is 2.74 bits per heavy atom. The maximum absolute atomic E-state index is 4.56. The molecule has 0 aromatic carbocycles. The highest BCUT2D eigenvalue weighted by Gasteiger charge is 2.17. The van der Waals surface area contributed by atoms with Crippen LogP contribution in [-0.2, 0) is 19.9 Å². The number of aryl methyl sites for hydroxylation is 3. The molecule has 0 saturated heterocycles. The molecule has 19 heavy (non-hydrogen) atoms. The van der Waals surface area contributed by atoms with Crippen LogP contribution in [-0.4, -0.2) is 21.3 Å². The topological polar surface area (TPSA) is 42.7 Å². The standard InChI is InChI=1S/C14H22N4S/c1-5-11-7-13(18(4)17-11)12(15-6-2)8-14-16-10(3)9-19-14/h7,9,12,15H,5-6,8H2,1-4H3. The summed E-state index contributed by atoms with van der Waals surface area (Å²) < 4.78 is 1.99. The van der Waals surface area contributed by atoms with E-state index in [1.807, 2.05) is 18.7 Å². The second-order valence-electron chi connectivity index (χ2n) is 4.73. The summed E-state index contributed by atoms with van der Waals surface area (Å²) in [6.07, 6.45) is 1.90. The molecule has 5 heteroatoms. The Bertz CT molecular complexity index is 529. The monoisotopic (exact) mass is 278 g/mol. The Morgan fingerprint density at radius 1 is 1.42 bits per heavy atom. The number of thiazole rings is 1. The van der Waals surface area contributed by atoms with Crippen molar-refractivity contribution < 1.29 is 0 Å². The number of nitrogens with one attached hydrogen (secondary N) is 1. The summed E-state index contributed by atoms with van der Waals surface area (Å²) in [5, 5.41) is 11.4. The minimum Gasteiger partial charge on any atom is -0.309 e. The average molecular weight is 278 g/mol. The molecule has 104 valence electrons. The molecule has 2 aromatic rings. The smallest absolute Gasteiger partial charge is 0.0947 e. The number of hydrogen-bond donors (Lipinski definition) is 1. The number of hydrogen-bond acceptors (Lipinski definition) is 4. The first-order chi connectivity index (χ1) is 9.13. The molecule has 1 unspecified atom stereocenters. The van der Waals surface area contributed by atoms with E-state index in [0.717, 1.165) is 30.8 Å². The largest absolute Gasteiger partial charge is 0.309 e. The van der Waals surface area contributed by atoms with Crippen molar-refractivity contribution in [3.8, 4) is 0 Å². The van der Waals surface area contributed by atoms with Crippen LogP contribution in [0.4, 0.5) is 0 Å². The van der Waals surface area contributed by atoms with Crippen LogP contribution in [0.15, 0.2) is 11.4 Å². The van der Waals surface area contributed by atoms with E-state index in [9.17, 15) is 0 Å². The van der Waals surface area contributed by atoms with Crippen LogP contribution < -0.4 is 5.32 Å². The lowest BCUT2D eigenvalue weighted by Crippen LogP contribution is -2.25. The minimum absolute atomic E-state index is 0.286. The predicted octanol–water partition coefficient (Wildman–Crippen LogP) is 2.64. The van der Waals surface area contributed by atoms with E-state index in [4.69, 9.17) is 0 Å². The van der Waals surface area contributed by atoms with Gasteiger partial charge in [0, 0.05) is 24.5 Å². The molecule has 0 spiro atoms. The molecular weight excluding hydrogens is 256 g/mol. The van der Waals surface area contributed by atoms with Crippen molar-refractivity contribution in [1.29, 1.82) is 0 Å². The zero-order valence-corrected chi connectivity index (χ0v) is 12.9. The quantitative estimate of drug-likeness (QED) is 0.883. The second-order valence-corrected chi connectivity index (χ2v) is 5.68. The Morgan fingerprint density at radius 2 is 2.21 bits per heavy atom. The van der Waals surface area contributed by atoms with Gasteiger partial charge >= 0.3 is 0 Å². The van der Waals surface area contributed by atoms with Gasteiger partial charge < -0.3 is 5.32 Å². The highest BCUT2D eigenvalue weighted by molar-refractivity contribution is 7.09. The van der Waals surface area contributed by atoms with Crippen molar-refractivity contribution in [2.24, 2.45) is 7.05 Å². The molecule has 1 atom stereocenters. The highest BCUT2D eigenvalue weighted by Crippen LogP contribution is 2.21. The number of aromatic nitrogens is 3. The molecule has 0 saturated carbocycles. The fourth-order valence-corrected chi connectivity index (χ4v) is 3.06. The van der Waals surface area contributed by atoms with Gasteiger partial charge in [-0.3, -0.25) is 4.68 Å². The van der Waals surface area contributed by atoms with Crippen LogP contribution in [0.1, 0.15) is 42.0 Å². The third kappa shape index (κ3) is 3.42. The van der Waals surface area contributed by atoms with Crippen LogP contribution in [0, 0.1) is 6.92 Å². The van der Waals surface area contributed by atoms with Gasteiger partial charge in [-0.1, -0.05) is 13.8 Å². The van der Waals surface area contributed by atoms with E-state index in [2.05, 4.69) is 40.7 Å². The van der Waals surface area contributed by atoms with Gasteiger partial charge in [-0.25, -0.2) is 4.98 Å². The SMILES string of the molecule is CCNC(Cc1nc(C)cs1)c1cc(CC)nn1C. The third-order valence-electron chi connectivity index (χ3n) is 3.18. The normalized spacial score (nSPS) is 12.8. The lowest BCUT2D eigenvalue weighted by molar-refractivity contribution is 0.506. The van der Waals surface area contributed by atoms with Gasteiger partial charge in [0.1, 0.15) is 0 Å². The molecular formula is C14H22N4S. The average Bonchev–Trinajstić information content (AvgIpc) is 2.95. The molecule has 0 amide bonds. The summed E-state index contributed by atoms with van der Waals surface area (Å²) in [6.45, 7) is 7.26. The van der Waals surface area contributed by atoms with Crippen molar-refractivity contribution in [2.45, 2.75) is 39.7 Å². The van der Waals surface area contributed by atoms with Gasteiger partial charge in [-0.2, -0.15) is 5.10 Å². The number of likely N-dealkylation sites (N-methyl/N-ethyl adjacent to an activating group) is 1. The van der Waals surface area contributed by atoms with Crippen molar-refractivity contribution in [2.75, 3.05) is 6.54 Å². The maximum atomic E-state index is 4.56. The van der Waals surface area contributed by atoms with Gasteiger partial charge in [0.25, 0.3) is 0 Å². The first-order valence-corrected chi connectivity index (χ1v) is 7.69. The Hall–Kier alpha value is -1.20. The van der Waals surface area contributed by atoms with E-state index < -0.39 is 0 Å². The first-order valence-electron chi connectivity index (χ1n) is 6.81. The Labute approximate surface area is 118 Å². The summed E-state index contributed by atoms with van der Waals surface area (Å²) in [5.41, 5.74) is 3.50. The molecule has 0 aliphatic carbocycles. The van der Waals surface area contributed by atoms with Gasteiger partial charge in [0.05, 0.1) is 22.4 Å². The lowest BCUT2D eigenvalue weighted by atomic mass is 10.1. The summed E-state index contributed by atoms with van der Waals surface area (Å²) in [7, 11) is 2.02. The molecule has 2 heterocycles. The summed E-state index contributed by atoms with van der Waals surface area (Å²) >= 11 is 1.74. The summed E-state index contributed by atoms with van der Waals surface area (Å²) in [4.78, 5) is 4.56. The van der Waals surface area contributed by atoms with E-state index in [-0.39, 0.29) is 6.04 Å². The molecule has 1 N–H and O–H groups in total. The van der Waals surface area contributed by atoms with Crippen molar-refractivity contribution in [1.82, 2.24) is 20.1 Å². The molecule has 0 fully saturated rings. The van der Waals surface area contributed by atoms with E-state index in [1.54, 1.807) is 11.3 Å². The summed E-state index contributed by atoms with van der Waals surface area (Å²) in [5.74, 6) is 0. The lowest BCUT2D eigenvalue weighted by Gasteiger charge is -2.16. The third-order valence-corrected chi connectivity index (χ3v) is 4.17. The molecule has 0 aliphatic heterocycles. The predicted molar refractivity (Wildman–Crippen MR) is 79.6 cm³/mol. The van der Waals surface area contributed by atoms with Gasteiger partial charge in [0.2, 0.25) is 0 Å². The summed E-state index contributed by atoms with van der Waals surface area (Å²) in [6, 6.07) is 2.49. The first kappa shape index (κ1) is 14.2. The zero-order valence-electron chi connectivity index (χ0n) is 12.1. The molecule has 2 rings (SSSR count). The molecule has 4 nitrogen and oxygen atoms in total. The fourth-order valence-electron chi connectivity index (χ4n) is 2.24. The molecule has 0 aliphatic rings. The van der Waals surface area contributed by atoms with Crippen LogP contribution >= 0.6 is 11.3 Å². The van der Waals surface area contributed by atoms with E-state index in [0.29, 0.717) is 0 Å². The van der Waals surface area contributed by atoms with E-state index in [1.165, 1.54) is 10.7 Å². The van der Waals surface area contributed by atoms with Crippen LogP contribution in [0.2, 0.25) is 0 Å². The van der Waals surface area contributed by atoms with Crippen LogP contribution in [0.5, 0.6) is 0 Å². The van der Waals surface area contributed by atoms with Crippen LogP contribution in [0.3, 0.4) is 0 Å². The molecule has 2 aromatic heterocycles. The minimum atomic E-state index is 0.286. The molecule has 0 bridgehead atoms. The Kier molecular flexibility index (Phi) is 4.71. The Balaban J connectivity index is 2.21. The maximum Gasteiger partial charge on any atom is 0.0947 e. The van der Waals surface area contributed by atoms with E-state index >= 15 is 0 Å². The van der Waals surface area contributed by atoms with Gasteiger partial charge in [0.15, 0.2) is 0 Å². The van der Waals surface area contributed by atoms with Gasteiger partial charge in [-0.05, 0) is 26.0 Å². The van der Waals surface area contributed by atoms with Crippen molar-refractivity contribution in [3.63, 3.8) is 0 Å². The van der Waals surface area contributed by atoms with Crippen molar-refractivity contribution >= 4 is 11.3 Å². The van der Waals surface area contributed by atoms with Crippen LogP contribution in [0.25, 0.3) is 0 Å².